The molecular formula is C16H15F3N2O. The predicted octanol–water partition coefficient (Wildman–Crippen LogP) is 3.52. The molecule has 0 saturated carbocycles. The van der Waals surface area contributed by atoms with Crippen LogP contribution in [0.15, 0.2) is 48.8 Å². The first-order valence-corrected chi connectivity index (χ1v) is 6.71. The van der Waals surface area contributed by atoms with Crippen molar-refractivity contribution in [3.63, 3.8) is 0 Å². The highest BCUT2D eigenvalue weighted by atomic mass is 19.4. The van der Waals surface area contributed by atoms with Crippen molar-refractivity contribution in [2.75, 3.05) is 0 Å². The number of benzene rings is 1. The first-order chi connectivity index (χ1) is 10.4. The van der Waals surface area contributed by atoms with Crippen LogP contribution in [0.2, 0.25) is 0 Å². The maximum Gasteiger partial charge on any atom is 0.416 e. The lowest BCUT2D eigenvalue weighted by Gasteiger charge is -2.14. The first-order valence-electron chi connectivity index (χ1n) is 6.71. The topological polar surface area (TPSA) is 42.0 Å². The molecule has 0 aliphatic heterocycles. The monoisotopic (exact) mass is 308 g/mol. The van der Waals surface area contributed by atoms with E-state index in [4.69, 9.17) is 0 Å². The minimum absolute atomic E-state index is 0.0353. The zero-order valence-electron chi connectivity index (χ0n) is 11.9. The molecule has 2 rings (SSSR count). The fourth-order valence-electron chi connectivity index (χ4n) is 2.02. The lowest BCUT2D eigenvalue weighted by molar-refractivity contribution is -0.137. The van der Waals surface area contributed by atoms with Crippen LogP contribution < -0.4 is 5.32 Å². The Labute approximate surface area is 126 Å². The number of hydrogen-bond donors (Lipinski definition) is 1. The van der Waals surface area contributed by atoms with Crippen molar-refractivity contribution in [1.82, 2.24) is 10.3 Å². The number of aromatic nitrogens is 1. The van der Waals surface area contributed by atoms with Crippen molar-refractivity contribution in [2.24, 2.45) is 0 Å². The molecule has 1 amide bonds. The quantitative estimate of drug-likeness (QED) is 0.939. The van der Waals surface area contributed by atoms with Crippen LogP contribution in [0.25, 0.3) is 0 Å². The van der Waals surface area contributed by atoms with E-state index in [0.717, 1.165) is 17.7 Å². The second kappa shape index (κ2) is 6.60. The molecule has 0 spiro atoms. The van der Waals surface area contributed by atoms with Gasteiger partial charge in [0, 0.05) is 12.4 Å². The van der Waals surface area contributed by atoms with Crippen molar-refractivity contribution in [3.8, 4) is 0 Å². The van der Waals surface area contributed by atoms with Crippen LogP contribution in [0.3, 0.4) is 0 Å². The zero-order chi connectivity index (χ0) is 16.2. The molecule has 6 heteroatoms. The van der Waals surface area contributed by atoms with E-state index in [2.05, 4.69) is 10.3 Å². The number of carbonyl (C=O) groups excluding carboxylic acids is 1. The Hall–Kier alpha value is -2.37. The fourth-order valence-corrected chi connectivity index (χ4v) is 2.02. The van der Waals surface area contributed by atoms with Gasteiger partial charge in [-0.05, 0) is 42.3 Å². The van der Waals surface area contributed by atoms with Gasteiger partial charge in [-0.1, -0.05) is 12.1 Å². The number of pyridine rings is 1. The molecule has 0 bridgehead atoms. The predicted molar refractivity (Wildman–Crippen MR) is 75.9 cm³/mol. The van der Waals surface area contributed by atoms with Gasteiger partial charge in [-0.15, -0.1) is 0 Å². The summed E-state index contributed by atoms with van der Waals surface area (Å²) in [5.41, 5.74) is 0.727. The van der Waals surface area contributed by atoms with Crippen LogP contribution in [0.5, 0.6) is 0 Å². The Morgan fingerprint density at radius 1 is 1.14 bits per heavy atom. The SMILES string of the molecule is CC(NC(=O)Cc1ccc(C(F)(F)F)cc1)c1ccncc1. The molecule has 22 heavy (non-hydrogen) atoms. The number of carbonyl (C=O) groups is 1. The van der Waals surface area contributed by atoms with Gasteiger partial charge >= 0.3 is 6.18 Å². The highest BCUT2D eigenvalue weighted by molar-refractivity contribution is 5.79. The van der Waals surface area contributed by atoms with Crippen LogP contribution in [0.4, 0.5) is 13.2 Å². The molecular weight excluding hydrogens is 293 g/mol. The van der Waals surface area contributed by atoms with Gasteiger partial charge < -0.3 is 5.32 Å². The Kier molecular flexibility index (Phi) is 4.80. The lowest BCUT2D eigenvalue weighted by atomic mass is 10.1. The number of hydrogen-bond acceptors (Lipinski definition) is 2. The van der Waals surface area contributed by atoms with Crippen LogP contribution in [-0.4, -0.2) is 10.9 Å². The summed E-state index contributed by atoms with van der Waals surface area (Å²) in [4.78, 5) is 15.8. The van der Waals surface area contributed by atoms with Gasteiger partial charge in [-0.2, -0.15) is 13.2 Å². The van der Waals surface area contributed by atoms with E-state index in [-0.39, 0.29) is 18.4 Å². The van der Waals surface area contributed by atoms with Crippen LogP contribution in [-0.2, 0) is 17.4 Å². The van der Waals surface area contributed by atoms with Crippen LogP contribution >= 0.6 is 0 Å². The summed E-state index contributed by atoms with van der Waals surface area (Å²) in [6.07, 6.45) is -1.06. The first kappa shape index (κ1) is 16.0. The highest BCUT2D eigenvalue weighted by Crippen LogP contribution is 2.29. The van der Waals surface area contributed by atoms with Gasteiger partial charge in [0.2, 0.25) is 5.91 Å². The van der Waals surface area contributed by atoms with Gasteiger partial charge in [0.05, 0.1) is 18.0 Å². The molecule has 1 atom stereocenters. The lowest BCUT2D eigenvalue weighted by Crippen LogP contribution is -2.28. The van der Waals surface area contributed by atoms with Crippen molar-refractivity contribution >= 4 is 5.91 Å². The third-order valence-corrected chi connectivity index (χ3v) is 3.23. The van der Waals surface area contributed by atoms with Gasteiger partial charge in [0.25, 0.3) is 0 Å². The van der Waals surface area contributed by atoms with E-state index in [1.165, 1.54) is 12.1 Å². The maximum absolute atomic E-state index is 12.5. The summed E-state index contributed by atoms with van der Waals surface area (Å²) >= 11 is 0. The number of nitrogens with zero attached hydrogens (tertiary/aromatic N) is 1. The molecule has 2 aromatic rings. The number of halogens is 3. The van der Waals surface area contributed by atoms with Crippen molar-refractivity contribution in [3.05, 3.63) is 65.5 Å². The van der Waals surface area contributed by atoms with Crippen molar-refractivity contribution in [2.45, 2.75) is 25.6 Å². The van der Waals surface area contributed by atoms with E-state index < -0.39 is 11.7 Å². The van der Waals surface area contributed by atoms with Gasteiger partial charge in [-0.25, -0.2) is 0 Å². The van der Waals surface area contributed by atoms with E-state index in [1.807, 2.05) is 6.92 Å². The standard InChI is InChI=1S/C16H15F3N2O/c1-11(13-6-8-20-9-7-13)21-15(22)10-12-2-4-14(5-3-12)16(17,18)19/h2-9,11H,10H2,1H3,(H,21,22). The zero-order valence-corrected chi connectivity index (χ0v) is 11.9. The Morgan fingerprint density at radius 2 is 1.73 bits per heavy atom. The fraction of sp³-hybridized carbons (Fsp3) is 0.250. The Bertz CT molecular complexity index is 624. The highest BCUT2D eigenvalue weighted by Gasteiger charge is 2.29. The number of amides is 1. The van der Waals surface area contributed by atoms with Crippen LogP contribution in [0, 0.1) is 0 Å². The van der Waals surface area contributed by atoms with Gasteiger partial charge in [0.15, 0.2) is 0 Å². The molecule has 0 aliphatic rings. The molecule has 0 saturated heterocycles. The molecule has 0 fully saturated rings. The third-order valence-electron chi connectivity index (χ3n) is 3.23. The molecule has 0 radical (unpaired) electrons. The minimum atomic E-state index is -4.36. The molecule has 1 aromatic heterocycles. The van der Waals surface area contributed by atoms with E-state index in [9.17, 15) is 18.0 Å². The molecule has 3 nitrogen and oxygen atoms in total. The van der Waals surface area contributed by atoms with E-state index in [1.54, 1.807) is 24.5 Å². The molecule has 1 unspecified atom stereocenters. The number of rotatable bonds is 4. The Balaban J connectivity index is 1.95. The van der Waals surface area contributed by atoms with Gasteiger partial charge in [-0.3, -0.25) is 9.78 Å². The van der Waals surface area contributed by atoms with E-state index >= 15 is 0 Å². The molecule has 1 N–H and O–H groups in total. The van der Waals surface area contributed by atoms with E-state index in [0.29, 0.717) is 5.56 Å². The minimum Gasteiger partial charge on any atom is -0.349 e. The molecule has 1 heterocycles. The largest absolute Gasteiger partial charge is 0.416 e. The summed E-state index contributed by atoms with van der Waals surface area (Å²) in [6.45, 7) is 1.83. The number of alkyl halides is 3. The second-order valence-electron chi connectivity index (χ2n) is 4.94. The third kappa shape index (κ3) is 4.31. The molecule has 0 aliphatic carbocycles. The Morgan fingerprint density at radius 3 is 2.27 bits per heavy atom. The van der Waals surface area contributed by atoms with Crippen LogP contribution in [0.1, 0.15) is 29.7 Å². The van der Waals surface area contributed by atoms with Crippen molar-refractivity contribution < 1.29 is 18.0 Å². The average molecular weight is 308 g/mol. The maximum atomic E-state index is 12.5. The normalized spacial score (nSPS) is 12.7. The summed E-state index contributed by atoms with van der Waals surface area (Å²) in [5, 5.41) is 2.80. The molecule has 116 valence electrons. The van der Waals surface area contributed by atoms with Crippen molar-refractivity contribution in [1.29, 1.82) is 0 Å². The smallest absolute Gasteiger partial charge is 0.349 e. The summed E-state index contributed by atoms with van der Waals surface area (Å²) < 4.78 is 37.4. The average Bonchev–Trinajstić information content (AvgIpc) is 2.47. The summed E-state index contributed by atoms with van der Waals surface area (Å²) in [6, 6.07) is 8.00. The van der Waals surface area contributed by atoms with Gasteiger partial charge in [0.1, 0.15) is 0 Å². The summed E-state index contributed by atoms with van der Waals surface area (Å²) in [5.74, 6) is -0.246. The number of nitrogens with one attached hydrogen (secondary N) is 1. The second-order valence-corrected chi connectivity index (χ2v) is 4.94. The molecule has 1 aromatic carbocycles. The summed E-state index contributed by atoms with van der Waals surface area (Å²) in [7, 11) is 0.